The second kappa shape index (κ2) is 9.80. The van der Waals surface area contributed by atoms with Gasteiger partial charge in [0.1, 0.15) is 16.6 Å². The van der Waals surface area contributed by atoms with Gasteiger partial charge in [-0.2, -0.15) is 10.2 Å². The Labute approximate surface area is 214 Å². The van der Waals surface area contributed by atoms with Crippen LogP contribution in [0.2, 0.25) is 0 Å². The predicted molar refractivity (Wildman–Crippen MR) is 141 cm³/mol. The lowest BCUT2D eigenvalue weighted by molar-refractivity contribution is -0.119. The van der Waals surface area contributed by atoms with Crippen LogP contribution >= 0.6 is 11.3 Å². The maximum atomic E-state index is 13.6. The van der Waals surface area contributed by atoms with Crippen molar-refractivity contribution in [2.45, 2.75) is 91.6 Å². The number of carbonyl (C=O) groups is 2. The first-order valence-corrected chi connectivity index (χ1v) is 13.4. The summed E-state index contributed by atoms with van der Waals surface area (Å²) in [5.74, 6) is -0.816. The van der Waals surface area contributed by atoms with Gasteiger partial charge in [-0.1, -0.05) is 13.8 Å². The van der Waals surface area contributed by atoms with E-state index in [9.17, 15) is 14.4 Å². The summed E-state index contributed by atoms with van der Waals surface area (Å²) in [5.41, 5.74) is 1.76. The van der Waals surface area contributed by atoms with Crippen LogP contribution in [0.4, 0.5) is 5.00 Å². The number of ether oxygens (including phenoxy) is 1. The predicted octanol–water partition coefficient (Wildman–Crippen LogP) is 4.79. The van der Waals surface area contributed by atoms with Gasteiger partial charge >= 0.3 is 5.97 Å². The fourth-order valence-corrected chi connectivity index (χ4v) is 5.94. The molecule has 1 atom stereocenters. The number of aromatic nitrogens is 4. The highest BCUT2D eigenvalue weighted by molar-refractivity contribution is 7.17. The number of carbonyl (C=O) groups excluding carboxylic acids is 2. The monoisotopic (exact) mass is 513 g/mol. The fraction of sp³-hybridized carbons (Fsp3) is 0.577. The number of amides is 1. The van der Waals surface area contributed by atoms with Gasteiger partial charge in [-0.05, 0) is 71.8 Å². The largest absolute Gasteiger partial charge is 0.462 e. The number of hydrogen-bond donors (Lipinski definition) is 1. The van der Waals surface area contributed by atoms with Crippen LogP contribution < -0.4 is 10.9 Å². The van der Waals surface area contributed by atoms with Gasteiger partial charge in [0.15, 0.2) is 0 Å². The number of nitrogens with one attached hydrogen (secondary N) is 1. The van der Waals surface area contributed by atoms with E-state index >= 15 is 0 Å². The highest BCUT2D eigenvalue weighted by Gasteiger charge is 2.30. The van der Waals surface area contributed by atoms with E-state index in [-0.39, 0.29) is 18.1 Å². The van der Waals surface area contributed by atoms with Crippen molar-refractivity contribution in [2.75, 3.05) is 11.9 Å². The Morgan fingerprint density at radius 1 is 1.19 bits per heavy atom. The molecule has 9 nitrogen and oxygen atoms in total. The normalized spacial score (nSPS) is 14.7. The Kier molecular flexibility index (Phi) is 7.10. The van der Waals surface area contributed by atoms with Crippen LogP contribution in [-0.4, -0.2) is 38.0 Å². The molecule has 194 valence electrons. The van der Waals surface area contributed by atoms with Crippen LogP contribution in [0.1, 0.15) is 99.8 Å². The maximum absolute atomic E-state index is 13.6. The molecule has 1 amide bonds. The van der Waals surface area contributed by atoms with Crippen LogP contribution in [0.3, 0.4) is 0 Å². The Bertz CT molecular complexity index is 1380. The second-order valence-electron chi connectivity index (χ2n) is 10.6. The highest BCUT2D eigenvalue weighted by atomic mass is 32.1. The Hall–Kier alpha value is -3.01. The minimum absolute atomic E-state index is 0.0201. The topological polar surface area (TPSA) is 108 Å². The van der Waals surface area contributed by atoms with Gasteiger partial charge in [-0.25, -0.2) is 9.48 Å². The molecule has 4 rings (SSSR count). The number of rotatable bonds is 6. The molecule has 3 aromatic rings. The summed E-state index contributed by atoms with van der Waals surface area (Å²) >= 11 is 1.42. The summed E-state index contributed by atoms with van der Waals surface area (Å²) in [5, 5.41) is 13.2. The van der Waals surface area contributed by atoms with Gasteiger partial charge in [0.05, 0.1) is 29.6 Å². The van der Waals surface area contributed by atoms with E-state index in [2.05, 4.69) is 15.5 Å². The number of thiophene rings is 1. The first kappa shape index (κ1) is 26.1. The molecule has 0 aromatic carbocycles. The van der Waals surface area contributed by atoms with Gasteiger partial charge in [0, 0.05) is 10.3 Å². The zero-order valence-corrected chi connectivity index (χ0v) is 22.9. The average molecular weight is 514 g/mol. The quantitative estimate of drug-likeness (QED) is 0.475. The summed E-state index contributed by atoms with van der Waals surface area (Å²) in [6.45, 7) is 13.6. The lowest BCUT2D eigenvalue weighted by Gasteiger charge is -2.22. The molecular formula is C26H35N5O4S. The van der Waals surface area contributed by atoms with Gasteiger partial charge in [0.25, 0.3) is 5.56 Å². The van der Waals surface area contributed by atoms with E-state index in [0.717, 1.165) is 36.1 Å². The third kappa shape index (κ3) is 4.58. The molecule has 3 aromatic heterocycles. The van der Waals surface area contributed by atoms with Crippen molar-refractivity contribution >= 4 is 39.1 Å². The molecule has 1 aliphatic rings. The summed E-state index contributed by atoms with van der Waals surface area (Å²) in [4.78, 5) is 41.0. The zero-order valence-electron chi connectivity index (χ0n) is 22.1. The number of anilines is 1. The highest BCUT2D eigenvalue weighted by Crippen LogP contribution is 2.39. The van der Waals surface area contributed by atoms with Crippen LogP contribution in [-0.2, 0) is 27.9 Å². The van der Waals surface area contributed by atoms with Crippen LogP contribution in [0.5, 0.6) is 0 Å². The summed E-state index contributed by atoms with van der Waals surface area (Å²) in [7, 11) is 0. The molecule has 0 spiro atoms. The lowest BCUT2D eigenvalue weighted by Crippen LogP contribution is -2.36. The van der Waals surface area contributed by atoms with E-state index in [1.54, 1.807) is 24.7 Å². The Morgan fingerprint density at radius 2 is 1.89 bits per heavy atom. The van der Waals surface area contributed by atoms with E-state index in [4.69, 9.17) is 4.74 Å². The molecule has 0 aliphatic heterocycles. The van der Waals surface area contributed by atoms with Crippen molar-refractivity contribution in [3.63, 3.8) is 0 Å². The minimum Gasteiger partial charge on any atom is -0.462 e. The first-order valence-electron chi connectivity index (χ1n) is 12.6. The summed E-state index contributed by atoms with van der Waals surface area (Å²) < 4.78 is 8.25. The van der Waals surface area contributed by atoms with Crippen molar-refractivity contribution in [1.82, 2.24) is 19.6 Å². The van der Waals surface area contributed by atoms with Gasteiger partial charge < -0.3 is 10.1 Å². The molecule has 36 heavy (non-hydrogen) atoms. The van der Waals surface area contributed by atoms with Crippen LogP contribution in [0.15, 0.2) is 11.0 Å². The molecule has 10 heteroatoms. The van der Waals surface area contributed by atoms with Gasteiger partial charge in [-0.3, -0.25) is 14.3 Å². The molecule has 0 radical (unpaired) electrons. The van der Waals surface area contributed by atoms with Crippen molar-refractivity contribution in [3.8, 4) is 0 Å². The van der Waals surface area contributed by atoms with Crippen LogP contribution in [0.25, 0.3) is 10.9 Å². The van der Waals surface area contributed by atoms with Gasteiger partial charge in [-0.15, -0.1) is 11.3 Å². The van der Waals surface area contributed by atoms with Crippen molar-refractivity contribution in [3.05, 3.63) is 38.2 Å². The summed E-state index contributed by atoms with van der Waals surface area (Å²) in [6, 6.07) is -0.906. The van der Waals surface area contributed by atoms with E-state index in [0.29, 0.717) is 27.2 Å². The molecule has 0 bridgehead atoms. The minimum atomic E-state index is -0.906. The SMILES string of the molecule is CCOC(=O)c1c(NC(=O)C(C)n2nc(C(C)C)c3cnn(C(C)(C)C)c3c2=O)sc2c1CCCC2. The molecule has 0 saturated heterocycles. The number of aryl methyl sites for hydroxylation is 1. The first-order chi connectivity index (χ1) is 17.0. The lowest BCUT2D eigenvalue weighted by atomic mass is 9.95. The Balaban J connectivity index is 1.77. The summed E-state index contributed by atoms with van der Waals surface area (Å²) in [6.07, 6.45) is 5.40. The van der Waals surface area contributed by atoms with Crippen molar-refractivity contribution < 1.29 is 14.3 Å². The maximum Gasteiger partial charge on any atom is 0.341 e. The van der Waals surface area contributed by atoms with Crippen molar-refractivity contribution in [1.29, 1.82) is 0 Å². The Morgan fingerprint density at radius 3 is 2.53 bits per heavy atom. The number of fused-ring (bicyclic) bond motifs is 2. The number of esters is 1. The van der Waals surface area contributed by atoms with E-state index < -0.39 is 23.5 Å². The number of nitrogens with zero attached hydrogens (tertiary/aromatic N) is 4. The molecule has 3 heterocycles. The third-order valence-electron chi connectivity index (χ3n) is 6.49. The average Bonchev–Trinajstić information content (AvgIpc) is 3.41. The molecule has 1 N–H and O–H groups in total. The molecule has 1 aliphatic carbocycles. The van der Waals surface area contributed by atoms with E-state index in [1.165, 1.54) is 16.0 Å². The third-order valence-corrected chi connectivity index (χ3v) is 7.69. The standard InChI is InChI=1S/C26H35N5O4S/c1-8-35-25(34)19-16-11-9-10-12-18(16)36-23(19)28-22(32)15(4)30-24(33)21-17(20(29-30)14(2)3)13-27-31(21)26(5,6)7/h13-15H,8-12H2,1-7H3,(H,28,32). The molecule has 0 fully saturated rings. The molecule has 0 saturated carbocycles. The second-order valence-corrected chi connectivity index (χ2v) is 11.7. The fourth-order valence-electron chi connectivity index (χ4n) is 4.66. The molecule has 1 unspecified atom stereocenters. The molecular weight excluding hydrogens is 478 g/mol. The zero-order chi connectivity index (χ0) is 26.4. The van der Waals surface area contributed by atoms with Gasteiger partial charge in [0.2, 0.25) is 5.91 Å². The van der Waals surface area contributed by atoms with E-state index in [1.807, 2.05) is 34.6 Å². The van der Waals surface area contributed by atoms with Crippen LogP contribution in [0, 0.1) is 0 Å². The smallest absolute Gasteiger partial charge is 0.341 e. The van der Waals surface area contributed by atoms with Crippen molar-refractivity contribution in [2.24, 2.45) is 0 Å². The number of hydrogen-bond acceptors (Lipinski definition) is 7.